The van der Waals surface area contributed by atoms with Crippen molar-refractivity contribution in [2.75, 3.05) is 7.11 Å². The fourth-order valence-corrected chi connectivity index (χ4v) is 3.12. The number of carbonyl (C=O) groups excluding carboxylic acids is 3. The fourth-order valence-electron chi connectivity index (χ4n) is 2.74. The number of imide groups is 1. The summed E-state index contributed by atoms with van der Waals surface area (Å²) in [6.07, 6.45) is 2.40. The standard InChI is InChI=1S/C21H21BrN2O6/c1-4-12(2)29-17-7-5-14(22)9-13(17)10-16-19(25)24(21(27)23-16)11-15-6-8-18(30-15)20(26)28-3/h5-10,12H,4,11H2,1-3H3,(H,23,27). The maximum absolute atomic E-state index is 12.8. The molecule has 1 fully saturated rings. The zero-order valence-electron chi connectivity index (χ0n) is 16.7. The number of nitrogens with one attached hydrogen (secondary N) is 1. The van der Waals surface area contributed by atoms with Crippen molar-refractivity contribution in [3.8, 4) is 5.75 Å². The Morgan fingerprint density at radius 3 is 2.77 bits per heavy atom. The molecule has 0 bridgehead atoms. The fraction of sp³-hybridized carbons (Fsp3) is 0.286. The second-order valence-corrected chi connectivity index (χ2v) is 7.57. The zero-order valence-corrected chi connectivity index (χ0v) is 18.3. The minimum Gasteiger partial charge on any atom is -0.490 e. The largest absolute Gasteiger partial charge is 0.490 e. The third kappa shape index (κ3) is 4.73. The van der Waals surface area contributed by atoms with Gasteiger partial charge in [0.15, 0.2) is 0 Å². The molecule has 1 N–H and O–H groups in total. The van der Waals surface area contributed by atoms with Gasteiger partial charge in [0.25, 0.3) is 5.91 Å². The van der Waals surface area contributed by atoms with E-state index in [1.807, 2.05) is 26.0 Å². The van der Waals surface area contributed by atoms with Crippen LogP contribution in [0, 0.1) is 0 Å². The molecule has 158 valence electrons. The summed E-state index contributed by atoms with van der Waals surface area (Å²) in [5, 5.41) is 2.57. The Morgan fingerprint density at radius 1 is 1.30 bits per heavy atom. The van der Waals surface area contributed by atoms with Crippen LogP contribution in [0.5, 0.6) is 5.75 Å². The van der Waals surface area contributed by atoms with Gasteiger partial charge in [-0.25, -0.2) is 9.59 Å². The van der Waals surface area contributed by atoms with Gasteiger partial charge in [0, 0.05) is 10.0 Å². The highest BCUT2D eigenvalue weighted by atomic mass is 79.9. The monoisotopic (exact) mass is 476 g/mol. The van der Waals surface area contributed by atoms with Crippen molar-refractivity contribution in [1.29, 1.82) is 0 Å². The van der Waals surface area contributed by atoms with Gasteiger partial charge in [0.05, 0.1) is 19.8 Å². The van der Waals surface area contributed by atoms with Gasteiger partial charge < -0.3 is 19.2 Å². The first-order valence-corrected chi connectivity index (χ1v) is 10.1. The van der Waals surface area contributed by atoms with E-state index in [1.165, 1.54) is 19.2 Å². The molecule has 0 aliphatic carbocycles. The number of carbonyl (C=O) groups is 3. The number of nitrogens with zero attached hydrogens (tertiary/aromatic N) is 1. The minimum atomic E-state index is -0.637. The normalized spacial score (nSPS) is 16.0. The summed E-state index contributed by atoms with van der Waals surface area (Å²) in [5.74, 6) is -0.262. The number of hydrogen-bond acceptors (Lipinski definition) is 6. The molecule has 0 saturated carbocycles. The SMILES string of the molecule is CCC(C)Oc1ccc(Br)cc1C=C1NC(=O)N(Cc2ccc(C(=O)OC)o2)C1=O. The van der Waals surface area contributed by atoms with E-state index < -0.39 is 17.9 Å². The second-order valence-electron chi connectivity index (χ2n) is 6.66. The van der Waals surface area contributed by atoms with Crippen molar-refractivity contribution < 1.29 is 28.3 Å². The summed E-state index contributed by atoms with van der Waals surface area (Å²) in [5.41, 5.74) is 0.771. The first-order valence-electron chi connectivity index (χ1n) is 9.30. The first kappa shape index (κ1) is 21.6. The Morgan fingerprint density at radius 2 is 2.07 bits per heavy atom. The van der Waals surface area contributed by atoms with E-state index in [1.54, 1.807) is 12.1 Å². The Kier molecular flexibility index (Phi) is 6.61. The van der Waals surface area contributed by atoms with Crippen LogP contribution in [-0.4, -0.2) is 36.0 Å². The number of hydrogen-bond donors (Lipinski definition) is 1. The highest BCUT2D eigenvalue weighted by Gasteiger charge is 2.34. The van der Waals surface area contributed by atoms with Gasteiger partial charge in [-0.3, -0.25) is 9.69 Å². The first-order chi connectivity index (χ1) is 14.3. The molecule has 1 atom stereocenters. The lowest BCUT2D eigenvalue weighted by Gasteiger charge is -2.15. The molecule has 1 aromatic heterocycles. The zero-order chi connectivity index (χ0) is 21.8. The third-order valence-corrected chi connectivity index (χ3v) is 4.99. The predicted octanol–water partition coefficient (Wildman–Crippen LogP) is 4.10. The van der Waals surface area contributed by atoms with Crippen LogP contribution < -0.4 is 10.1 Å². The summed E-state index contributed by atoms with van der Waals surface area (Å²) >= 11 is 3.41. The van der Waals surface area contributed by atoms with Crippen molar-refractivity contribution in [1.82, 2.24) is 10.2 Å². The number of methoxy groups -OCH3 is 1. The maximum Gasteiger partial charge on any atom is 0.373 e. The molecular formula is C21H21BrN2O6. The molecule has 1 aliphatic rings. The third-order valence-electron chi connectivity index (χ3n) is 4.50. The van der Waals surface area contributed by atoms with Gasteiger partial charge in [0.1, 0.15) is 17.2 Å². The number of amides is 3. The average molecular weight is 477 g/mol. The molecule has 1 unspecified atom stereocenters. The molecule has 3 rings (SSSR count). The summed E-state index contributed by atoms with van der Waals surface area (Å²) in [7, 11) is 1.24. The number of halogens is 1. The Bertz CT molecular complexity index is 1010. The molecule has 1 aromatic carbocycles. The van der Waals surface area contributed by atoms with E-state index >= 15 is 0 Å². The lowest BCUT2D eigenvalue weighted by atomic mass is 10.1. The molecule has 8 nitrogen and oxygen atoms in total. The van der Waals surface area contributed by atoms with Gasteiger partial charge in [-0.2, -0.15) is 0 Å². The molecule has 2 aromatic rings. The maximum atomic E-state index is 12.8. The lowest BCUT2D eigenvalue weighted by molar-refractivity contribution is -0.123. The molecule has 1 aliphatic heterocycles. The summed E-state index contributed by atoms with van der Waals surface area (Å²) in [4.78, 5) is 37.6. The van der Waals surface area contributed by atoms with Crippen LogP contribution in [-0.2, 0) is 16.1 Å². The van der Waals surface area contributed by atoms with E-state index in [9.17, 15) is 14.4 Å². The number of ether oxygens (including phenoxy) is 2. The highest BCUT2D eigenvalue weighted by Crippen LogP contribution is 2.28. The molecular weight excluding hydrogens is 456 g/mol. The topological polar surface area (TPSA) is 98.1 Å². The lowest BCUT2D eigenvalue weighted by Crippen LogP contribution is -2.30. The van der Waals surface area contributed by atoms with Crippen molar-refractivity contribution in [3.63, 3.8) is 0 Å². The molecule has 2 heterocycles. The second kappa shape index (κ2) is 9.17. The van der Waals surface area contributed by atoms with E-state index in [0.717, 1.165) is 15.8 Å². The van der Waals surface area contributed by atoms with Crippen LogP contribution in [0.3, 0.4) is 0 Å². The van der Waals surface area contributed by atoms with Crippen LogP contribution in [0.1, 0.15) is 42.1 Å². The van der Waals surface area contributed by atoms with E-state index in [4.69, 9.17) is 9.15 Å². The highest BCUT2D eigenvalue weighted by molar-refractivity contribution is 9.10. The van der Waals surface area contributed by atoms with Crippen molar-refractivity contribution in [3.05, 3.63) is 57.6 Å². The smallest absolute Gasteiger partial charge is 0.373 e. The molecule has 3 amide bonds. The van der Waals surface area contributed by atoms with Crippen LogP contribution in [0.4, 0.5) is 4.79 Å². The van der Waals surface area contributed by atoms with Gasteiger partial charge in [-0.15, -0.1) is 0 Å². The van der Waals surface area contributed by atoms with E-state index in [0.29, 0.717) is 11.3 Å². The van der Waals surface area contributed by atoms with E-state index in [2.05, 4.69) is 26.0 Å². The summed E-state index contributed by atoms with van der Waals surface area (Å²) in [6, 6.07) is 7.82. The molecule has 30 heavy (non-hydrogen) atoms. The summed E-state index contributed by atoms with van der Waals surface area (Å²) < 4.78 is 16.7. The molecule has 0 radical (unpaired) electrons. The predicted molar refractivity (Wildman–Crippen MR) is 112 cm³/mol. The van der Waals surface area contributed by atoms with Gasteiger partial charge in [0.2, 0.25) is 5.76 Å². The Balaban J connectivity index is 1.82. The van der Waals surface area contributed by atoms with Crippen molar-refractivity contribution in [2.45, 2.75) is 32.9 Å². The van der Waals surface area contributed by atoms with Gasteiger partial charge in [-0.05, 0) is 49.8 Å². The summed E-state index contributed by atoms with van der Waals surface area (Å²) in [6.45, 7) is 3.85. The van der Waals surface area contributed by atoms with Crippen LogP contribution in [0.15, 0.2) is 44.9 Å². The molecule has 9 heteroatoms. The molecule has 0 spiro atoms. The Labute approximate surface area is 181 Å². The van der Waals surface area contributed by atoms with E-state index in [-0.39, 0.29) is 29.9 Å². The minimum absolute atomic E-state index is 0.00310. The van der Waals surface area contributed by atoms with Gasteiger partial charge in [-0.1, -0.05) is 22.9 Å². The van der Waals surface area contributed by atoms with Crippen LogP contribution in [0.25, 0.3) is 6.08 Å². The van der Waals surface area contributed by atoms with Crippen LogP contribution in [0.2, 0.25) is 0 Å². The molecule has 1 saturated heterocycles. The van der Waals surface area contributed by atoms with Crippen LogP contribution >= 0.6 is 15.9 Å². The number of esters is 1. The van der Waals surface area contributed by atoms with Crippen molar-refractivity contribution in [2.24, 2.45) is 0 Å². The van der Waals surface area contributed by atoms with Crippen molar-refractivity contribution >= 4 is 39.9 Å². The quantitative estimate of drug-likeness (QED) is 0.367. The number of rotatable bonds is 7. The van der Waals surface area contributed by atoms with Gasteiger partial charge >= 0.3 is 12.0 Å². The number of urea groups is 1. The number of benzene rings is 1. The Hall–Kier alpha value is -3.07. The number of furan rings is 1. The average Bonchev–Trinajstić information content (AvgIpc) is 3.30.